The number of fused-ring (bicyclic) bond motifs is 1. The van der Waals surface area contributed by atoms with E-state index in [2.05, 4.69) is 21.5 Å². The van der Waals surface area contributed by atoms with Crippen LogP contribution in [0.15, 0.2) is 41.1 Å². The Hall–Kier alpha value is -3.79. The summed E-state index contributed by atoms with van der Waals surface area (Å²) >= 11 is 1.17. The van der Waals surface area contributed by atoms with Crippen LogP contribution in [0.25, 0.3) is 22.5 Å². The van der Waals surface area contributed by atoms with E-state index >= 15 is 0 Å². The van der Waals surface area contributed by atoms with Gasteiger partial charge >= 0.3 is 6.09 Å². The number of morpholine rings is 1. The molecule has 0 aliphatic carbocycles. The van der Waals surface area contributed by atoms with Crippen LogP contribution in [0, 0.1) is 6.92 Å². The predicted octanol–water partition coefficient (Wildman–Crippen LogP) is 4.29. The molecule has 1 fully saturated rings. The van der Waals surface area contributed by atoms with Crippen molar-refractivity contribution < 1.29 is 22.7 Å². The maximum absolute atomic E-state index is 13.4. The number of aryl methyl sites for hydroxylation is 2. The number of aromatic nitrogens is 5. The molecule has 2 aliphatic rings. The van der Waals surface area contributed by atoms with Crippen molar-refractivity contribution in [2.75, 3.05) is 44.7 Å². The molecule has 13 nitrogen and oxygen atoms in total. The van der Waals surface area contributed by atoms with E-state index in [1.807, 2.05) is 50.7 Å². The number of imidazole rings is 1. The van der Waals surface area contributed by atoms with Crippen molar-refractivity contribution >= 4 is 49.5 Å². The van der Waals surface area contributed by atoms with Gasteiger partial charge in [0.1, 0.15) is 9.81 Å². The fourth-order valence-corrected chi connectivity index (χ4v) is 8.35. The third kappa shape index (κ3) is 6.09. The number of sulfonamides is 1. The molecule has 15 heteroatoms. The van der Waals surface area contributed by atoms with E-state index in [4.69, 9.17) is 14.5 Å². The van der Waals surface area contributed by atoms with Crippen LogP contribution in [0.5, 0.6) is 0 Å². The lowest BCUT2D eigenvalue weighted by atomic mass is 10.1. The molecule has 1 amide bonds. The zero-order valence-electron chi connectivity index (χ0n) is 25.4. The fraction of sp³-hybridized carbons (Fsp3) is 0.448. The lowest BCUT2D eigenvalue weighted by Gasteiger charge is -2.30. The molecule has 0 unspecified atom stereocenters. The van der Waals surface area contributed by atoms with Gasteiger partial charge in [0.2, 0.25) is 0 Å². The van der Waals surface area contributed by atoms with Crippen LogP contribution in [0.3, 0.4) is 0 Å². The SMILES string of the molecule is Cc1cc(Nc2nc(C3=CCCN(C(=O)OC(C)(C)C)C3)cn3c(-c4cnn(C)c4)cnc23)sc1S(=O)(=O)N1CCOCC1. The molecule has 0 saturated carbocycles. The van der Waals surface area contributed by atoms with Gasteiger partial charge in [-0.2, -0.15) is 9.40 Å². The molecule has 0 aromatic carbocycles. The summed E-state index contributed by atoms with van der Waals surface area (Å²) in [5.74, 6) is 0.463. The van der Waals surface area contributed by atoms with Crippen molar-refractivity contribution in [2.45, 2.75) is 43.9 Å². The zero-order chi connectivity index (χ0) is 31.2. The number of rotatable bonds is 6. The van der Waals surface area contributed by atoms with Crippen molar-refractivity contribution in [1.29, 1.82) is 0 Å². The number of nitrogens with one attached hydrogen (secondary N) is 1. The average Bonchev–Trinajstić information content (AvgIpc) is 3.71. The molecule has 234 valence electrons. The third-order valence-electron chi connectivity index (χ3n) is 7.28. The number of ether oxygens (including phenoxy) is 2. The summed E-state index contributed by atoms with van der Waals surface area (Å²) in [6.45, 7) is 9.64. The first-order chi connectivity index (χ1) is 20.9. The zero-order valence-corrected chi connectivity index (χ0v) is 27.0. The fourth-order valence-electron chi connectivity index (χ4n) is 5.21. The summed E-state index contributed by atoms with van der Waals surface area (Å²) < 4.78 is 43.3. The van der Waals surface area contributed by atoms with E-state index in [9.17, 15) is 13.2 Å². The summed E-state index contributed by atoms with van der Waals surface area (Å²) in [4.78, 5) is 24.2. The number of hydrogen-bond acceptors (Lipinski definition) is 10. The van der Waals surface area contributed by atoms with Crippen molar-refractivity contribution in [3.8, 4) is 11.3 Å². The quantitative estimate of drug-likeness (QED) is 0.327. The normalized spacial score (nSPS) is 16.8. The van der Waals surface area contributed by atoms with E-state index in [0.29, 0.717) is 73.5 Å². The van der Waals surface area contributed by atoms with Gasteiger partial charge in [0.15, 0.2) is 11.5 Å². The van der Waals surface area contributed by atoms with Crippen molar-refractivity contribution in [3.05, 3.63) is 48.2 Å². The first-order valence-electron chi connectivity index (χ1n) is 14.4. The van der Waals surface area contributed by atoms with Crippen LogP contribution in [-0.4, -0.2) is 92.9 Å². The Bertz CT molecular complexity index is 1840. The first kappa shape index (κ1) is 30.2. The highest BCUT2D eigenvalue weighted by Crippen LogP contribution is 2.36. The minimum atomic E-state index is -3.67. The smallest absolute Gasteiger partial charge is 0.410 e. The number of amides is 1. The largest absolute Gasteiger partial charge is 0.444 e. The van der Waals surface area contributed by atoms with Gasteiger partial charge in [0.25, 0.3) is 10.0 Å². The standard InChI is InChI=1S/C29H36N8O5S2/c1-19-13-24(43-27(19)44(39,40)36-9-11-41-12-10-36)33-25-26-30-15-23(21-14-31-34(5)16-21)37(26)18-22(32-25)20-7-6-8-35(17-20)28(38)42-29(2,3)4/h7,13-16,18H,6,8-12,17H2,1-5H3,(H,32,33). The lowest BCUT2D eigenvalue weighted by molar-refractivity contribution is 0.0273. The Kier molecular flexibility index (Phi) is 7.98. The molecule has 6 heterocycles. The number of nitrogens with zero attached hydrogens (tertiary/aromatic N) is 7. The molecule has 4 aromatic heterocycles. The molecule has 2 aliphatic heterocycles. The van der Waals surface area contributed by atoms with E-state index in [0.717, 1.165) is 16.8 Å². The van der Waals surface area contributed by atoms with E-state index in [-0.39, 0.29) is 10.3 Å². The molecule has 0 bridgehead atoms. The van der Waals surface area contributed by atoms with Gasteiger partial charge in [-0.15, -0.1) is 11.3 Å². The third-order valence-corrected chi connectivity index (χ3v) is 10.9. The van der Waals surface area contributed by atoms with Gasteiger partial charge in [-0.05, 0) is 51.3 Å². The van der Waals surface area contributed by atoms with Crippen LogP contribution in [0.1, 0.15) is 38.4 Å². The minimum absolute atomic E-state index is 0.288. The van der Waals surface area contributed by atoms with Gasteiger partial charge in [-0.1, -0.05) is 6.08 Å². The summed E-state index contributed by atoms with van der Waals surface area (Å²) in [5, 5.41) is 8.31. The lowest BCUT2D eigenvalue weighted by Crippen LogP contribution is -2.40. The maximum Gasteiger partial charge on any atom is 0.410 e. The number of hydrogen-bond donors (Lipinski definition) is 1. The van der Waals surface area contributed by atoms with Gasteiger partial charge in [-0.25, -0.2) is 23.2 Å². The summed E-state index contributed by atoms with van der Waals surface area (Å²) in [6.07, 6.45) is 9.72. The second-order valence-electron chi connectivity index (χ2n) is 11.9. The van der Waals surface area contributed by atoms with Crippen molar-refractivity contribution in [2.24, 2.45) is 7.05 Å². The highest BCUT2D eigenvalue weighted by Gasteiger charge is 2.30. The van der Waals surface area contributed by atoms with Gasteiger partial charge < -0.3 is 19.7 Å². The second-order valence-corrected chi connectivity index (χ2v) is 15.0. The summed E-state index contributed by atoms with van der Waals surface area (Å²) in [6, 6.07) is 1.82. The molecule has 0 atom stereocenters. The molecule has 6 rings (SSSR count). The van der Waals surface area contributed by atoms with Crippen LogP contribution < -0.4 is 5.32 Å². The van der Waals surface area contributed by atoms with E-state index in [1.165, 1.54) is 15.6 Å². The molecular weight excluding hydrogens is 605 g/mol. The topological polar surface area (TPSA) is 136 Å². The molecule has 0 radical (unpaired) electrons. The molecular formula is C29H36N8O5S2. The Morgan fingerprint density at radius 3 is 2.61 bits per heavy atom. The molecule has 0 spiro atoms. The summed E-state index contributed by atoms with van der Waals surface area (Å²) in [7, 11) is -1.81. The van der Waals surface area contributed by atoms with E-state index < -0.39 is 15.6 Å². The van der Waals surface area contributed by atoms with Crippen LogP contribution in [0.4, 0.5) is 15.6 Å². The van der Waals surface area contributed by atoms with Crippen LogP contribution in [0.2, 0.25) is 0 Å². The van der Waals surface area contributed by atoms with Crippen LogP contribution >= 0.6 is 11.3 Å². The Labute approximate surface area is 260 Å². The molecule has 1 N–H and O–H groups in total. The van der Waals surface area contributed by atoms with E-state index in [1.54, 1.807) is 28.9 Å². The minimum Gasteiger partial charge on any atom is -0.444 e. The van der Waals surface area contributed by atoms with Gasteiger partial charge in [0, 0.05) is 44.6 Å². The van der Waals surface area contributed by atoms with Crippen molar-refractivity contribution in [1.82, 2.24) is 33.4 Å². The Balaban J connectivity index is 1.38. The maximum atomic E-state index is 13.4. The van der Waals surface area contributed by atoms with Crippen LogP contribution in [-0.2, 0) is 26.5 Å². The molecule has 1 saturated heterocycles. The number of carbonyl (C=O) groups is 1. The molecule has 44 heavy (non-hydrogen) atoms. The Morgan fingerprint density at radius 2 is 1.91 bits per heavy atom. The van der Waals surface area contributed by atoms with Gasteiger partial charge in [0.05, 0.1) is 48.5 Å². The highest BCUT2D eigenvalue weighted by molar-refractivity contribution is 7.91. The van der Waals surface area contributed by atoms with Crippen molar-refractivity contribution in [3.63, 3.8) is 0 Å². The molecule has 4 aromatic rings. The number of carbonyl (C=O) groups excluding carboxylic acids is 1. The van der Waals surface area contributed by atoms with Gasteiger partial charge in [-0.3, -0.25) is 9.08 Å². The highest BCUT2D eigenvalue weighted by atomic mass is 32.2. The first-order valence-corrected chi connectivity index (χ1v) is 16.6. The number of thiophene rings is 1. The average molecular weight is 641 g/mol. The number of anilines is 2. The predicted molar refractivity (Wildman–Crippen MR) is 168 cm³/mol. The Morgan fingerprint density at radius 1 is 1.14 bits per heavy atom. The second kappa shape index (κ2) is 11.6. The summed E-state index contributed by atoms with van der Waals surface area (Å²) in [5.41, 5.74) is 3.84. The monoisotopic (exact) mass is 640 g/mol.